The second-order valence-corrected chi connectivity index (χ2v) is 4.83. The summed E-state index contributed by atoms with van der Waals surface area (Å²) in [6.45, 7) is 0.325. The molecule has 0 spiro atoms. The van der Waals surface area contributed by atoms with Gasteiger partial charge in [-0.3, -0.25) is 4.79 Å². The minimum Gasteiger partial charge on any atom is -0.480 e. The number of carbonyl (C=O) groups is 3. The molecule has 0 radical (unpaired) electrons. The lowest BCUT2D eigenvalue weighted by molar-refractivity contribution is -0.139. The van der Waals surface area contributed by atoms with Gasteiger partial charge < -0.3 is 21.5 Å². The second kappa shape index (κ2) is 7.37. The van der Waals surface area contributed by atoms with E-state index < -0.39 is 23.9 Å². The Bertz CT molecular complexity index is 447. The Balaban J connectivity index is 2.38. The molecule has 0 aromatic carbocycles. The number of nitrogens with two attached hydrogens (primary N) is 1. The molecular formula is C11H15N3O4S. The van der Waals surface area contributed by atoms with Crippen LogP contribution in [0.5, 0.6) is 0 Å². The van der Waals surface area contributed by atoms with E-state index in [1.807, 2.05) is 17.5 Å². The van der Waals surface area contributed by atoms with Crippen molar-refractivity contribution in [1.82, 2.24) is 10.6 Å². The molecule has 0 aliphatic heterocycles. The van der Waals surface area contributed by atoms with Crippen LogP contribution in [0.2, 0.25) is 0 Å². The number of carboxylic acid groups (broad SMARTS) is 1. The summed E-state index contributed by atoms with van der Waals surface area (Å²) >= 11 is 1.48. The highest BCUT2D eigenvalue weighted by Crippen LogP contribution is 2.07. The molecule has 1 aromatic heterocycles. The average Bonchev–Trinajstić information content (AvgIpc) is 2.84. The fourth-order valence-electron chi connectivity index (χ4n) is 1.33. The maximum absolute atomic E-state index is 11.5. The maximum atomic E-state index is 11.5. The number of urea groups is 1. The molecule has 0 saturated carbocycles. The summed E-state index contributed by atoms with van der Waals surface area (Å²) in [5, 5.41) is 15.6. The molecule has 1 atom stereocenters. The summed E-state index contributed by atoms with van der Waals surface area (Å²) in [6.07, 6.45) is -0.126. The summed E-state index contributed by atoms with van der Waals surface area (Å²) in [5.74, 6) is -1.81. The standard InChI is InChI=1S/C11H15N3O4S/c12-9(15)4-3-8(10(16)17)14-11(18)13-6-7-2-1-5-19-7/h1-2,5,8H,3-4,6H2,(H2,12,15)(H,16,17)(H2,13,14,18)/t8-/m0/s1. The van der Waals surface area contributed by atoms with Gasteiger partial charge in [0.15, 0.2) is 0 Å². The molecule has 19 heavy (non-hydrogen) atoms. The Morgan fingerprint density at radius 1 is 1.42 bits per heavy atom. The van der Waals surface area contributed by atoms with Gasteiger partial charge in [0.25, 0.3) is 0 Å². The lowest BCUT2D eigenvalue weighted by Crippen LogP contribution is -2.46. The van der Waals surface area contributed by atoms with Crippen molar-refractivity contribution in [2.24, 2.45) is 5.73 Å². The molecule has 3 amide bonds. The fraction of sp³-hybridized carbons (Fsp3) is 0.364. The third kappa shape index (κ3) is 5.87. The number of hydrogen-bond acceptors (Lipinski definition) is 4. The summed E-state index contributed by atoms with van der Waals surface area (Å²) < 4.78 is 0. The van der Waals surface area contributed by atoms with Crippen LogP contribution in [0.3, 0.4) is 0 Å². The number of thiophene rings is 1. The lowest BCUT2D eigenvalue weighted by atomic mass is 10.1. The quantitative estimate of drug-likeness (QED) is 0.574. The number of amides is 3. The van der Waals surface area contributed by atoms with Gasteiger partial charge in [-0.1, -0.05) is 6.07 Å². The predicted molar refractivity (Wildman–Crippen MR) is 69.5 cm³/mol. The molecule has 0 unspecified atom stereocenters. The number of rotatable bonds is 7. The summed E-state index contributed by atoms with van der Waals surface area (Å²) in [4.78, 5) is 33.9. The van der Waals surface area contributed by atoms with Crippen LogP contribution < -0.4 is 16.4 Å². The smallest absolute Gasteiger partial charge is 0.326 e. The van der Waals surface area contributed by atoms with E-state index in [4.69, 9.17) is 10.8 Å². The van der Waals surface area contributed by atoms with Crippen LogP contribution >= 0.6 is 11.3 Å². The Morgan fingerprint density at radius 3 is 2.68 bits per heavy atom. The van der Waals surface area contributed by atoms with Crippen LogP contribution in [0.4, 0.5) is 4.79 Å². The number of nitrogens with one attached hydrogen (secondary N) is 2. The largest absolute Gasteiger partial charge is 0.480 e. The fourth-order valence-corrected chi connectivity index (χ4v) is 1.98. The van der Waals surface area contributed by atoms with Crippen LogP contribution in [0.15, 0.2) is 17.5 Å². The van der Waals surface area contributed by atoms with Crippen molar-refractivity contribution in [1.29, 1.82) is 0 Å². The number of hydrogen-bond donors (Lipinski definition) is 4. The molecule has 1 heterocycles. The number of aliphatic carboxylic acids is 1. The molecule has 1 rings (SSSR count). The first-order valence-corrected chi connectivity index (χ1v) is 6.45. The third-order valence-corrected chi connectivity index (χ3v) is 3.16. The topological polar surface area (TPSA) is 122 Å². The summed E-state index contributed by atoms with van der Waals surface area (Å²) in [6, 6.07) is 1.99. The average molecular weight is 285 g/mol. The monoisotopic (exact) mass is 285 g/mol. The second-order valence-electron chi connectivity index (χ2n) is 3.80. The van der Waals surface area contributed by atoms with Gasteiger partial charge in [0.05, 0.1) is 6.54 Å². The van der Waals surface area contributed by atoms with Crippen molar-refractivity contribution >= 4 is 29.2 Å². The molecule has 0 aliphatic carbocycles. The van der Waals surface area contributed by atoms with Gasteiger partial charge in [-0.05, 0) is 17.9 Å². The first kappa shape index (κ1) is 15.0. The highest BCUT2D eigenvalue weighted by molar-refractivity contribution is 7.09. The first-order chi connectivity index (χ1) is 8.99. The number of carboxylic acids is 1. The van der Waals surface area contributed by atoms with Gasteiger partial charge >= 0.3 is 12.0 Å². The van der Waals surface area contributed by atoms with Crippen LogP contribution in [-0.4, -0.2) is 29.1 Å². The van der Waals surface area contributed by atoms with Crippen LogP contribution in [-0.2, 0) is 16.1 Å². The van der Waals surface area contributed by atoms with Gasteiger partial charge in [0.2, 0.25) is 5.91 Å². The minimum absolute atomic E-state index is 0.0307. The molecule has 0 fully saturated rings. The van der Waals surface area contributed by atoms with Gasteiger partial charge in [-0.15, -0.1) is 11.3 Å². The molecule has 5 N–H and O–H groups in total. The van der Waals surface area contributed by atoms with Crippen molar-refractivity contribution in [2.45, 2.75) is 25.4 Å². The summed E-state index contributed by atoms with van der Waals surface area (Å²) in [5.41, 5.74) is 4.94. The molecule has 7 nitrogen and oxygen atoms in total. The SMILES string of the molecule is NC(=O)CC[C@H](NC(=O)NCc1cccs1)C(=O)O. The van der Waals surface area contributed by atoms with Crippen molar-refractivity contribution in [3.05, 3.63) is 22.4 Å². The van der Waals surface area contributed by atoms with Gasteiger partial charge in [-0.25, -0.2) is 9.59 Å². The van der Waals surface area contributed by atoms with E-state index in [0.717, 1.165) is 4.88 Å². The Morgan fingerprint density at radius 2 is 2.16 bits per heavy atom. The number of primary amides is 1. The molecule has 8 heteroatoms. The minimum atomic E-state index is -1.20. The van der Waals surface area contributed by atoms with E-state index in [2.05, 4.69) is 10.6 Å². The molecule has 1 aromatic rings. The van der Waals surface area contributed by atoms with E-state index in [9.17, 15) is 14.4 Å². The zero-order chi connectivity index (χ0) is 14.3. The van der Waals surface area contributed by atoms with Crippen molar-refractivity contribution < 1.29 is 19.5 Å². The van der Waals surface area contributed by atoms with Gasteiger partial charge in [0, 0.05) is 11.3 Å². The molecule has 104 valence electrons. The number of carbonyl (C=O) groups excluding carboxylic acids is 2. The highest BCUT2D eigenvalue weighted by Gasteiger charge is 2.20. The maximum Gasteiger partial charge on any atom is 0.326 e. The van der Waals surface area contributed by atoms with Crippen LogP contribution in [0.25, 0.3) is 0 Å². The molecule has 0 saturated heterocycles. The van der Waals surface area contributed by atoms with E-state index in [0.29, 0.717) is 6.54 Å². The Hall–Kier alpha value is -2.09. The van der Waals surface area contributed by atoms with Crippen LogP contribution in [0, 0.1) is 0 Å². The normalized spacial score (nSPS) is 11.6. The van der Waals surface area contributed by atoms with Crippen LogP contribution in [0.1, 0.15) is 17.7 Å². The Kier molecular flexibility index (Phi) is 5.80. The van der Waals surface area contributed by atoms with E-state index in [1.165, 1.54) is 11.3 Å². The highest BCUT2D eigenvalue weighted by atomic mass is 32.1. The van der Waals surface area contributed by atoms with E-state index in [1.54, 1.807) is 0 Å². The van der Waals surface area contributed by atoms with Gasteiger partial charge in [0.1, 0.15) is 6.04 Å². The van der Waals surface area contributed by atoms with Crippen molar-refractivity contribution in [3.63, 3.8) is 0 Å². The zero-order valence-electron chi connectivity index (χ0n) is 10.1. The van der Waals surface area contributed by atoms with E-state index in [-0.39, 0.29) is 12.8 Å². The van der Waals surface area contributed by atoms with Crippen molar-refractivity contribution in [2.75, 3.05) is 0 Å². The lowest BCUT2D eigenvalue weighted by Gasteiger charge is -2.14. The van der Waals surface area contributed by atoms with E-state index >= 15 is 0 Å². The Labute approximate surface area is 113 Å². The molecule has 0 aliphatic rings. The van der Waals surface area contributed by atoms with Crippen molar-refractivity contribution in [3.8, 4) is 0 Å². The van der Waals surface area contributed by atoms with Gasteiger partial charge in [-0.2, -0.15) is 0 Å². The predicted octanol–water partition coefficient (Wildman–Crippen LogP) is 0.266. The summed E-state index contributed by atoms with van der Waals surface area (Å²) in [7, 11) is 0. The molecule has 0 bridgehead atoms. The molecular weight excluding hydrogens is 270 g/mol. The first-order valence-electron chi connectivity index (χ1n) is 5.57. The third-order valence-electron chi connectivity index (χ3n) is 2.29. The zero-order valence-corrected chi connectivity index (χ0v) is 10.9.